The number of amides is 2. The molecule has 2 aliphatic heterocycles. The van der Waals surface area contributed by atoms with Crippen LogP contribution in [0.1, 0.15) is 0 Å². The molecule has 4 nitrogen and oxygen atoms in total. The number of rotatable bonds is 0. The maximum atomic E-state index is 10.7. The second-order valence-electron chi connectivity index (χ2n) is 1.99. The maximum Gasteiger partial charge on any atom is 0.318 e. The van der Waals surface area contributed by atoms with E-state index in [4.69, 9.17) is 0 Å². The van der Waals surface area contributed by atoms with E-state index < -0.39 is 11.8 Å². The fourth-order valence-electron chi connectivity index (χ4n) is 0.929. The van der Waals surface area contributed by atoms with Gasteiger partial charge in [-0.2, -0.15) is 0 Å². The summed E-state index contributed by atoms with van der Waals surface area (Å²) in [5.41, 5.74) is 0. The van der Waals surface area contributed by atoms with Crippen LogP contribution in [0.4, 0.5) is 0 Å². The molecule has 0 spiro atoms. The van der Waals surface area contributed by atoms with E-state index in [1.54, 1.807) is 12.4 Å². The van der Waals surface area contributed by atoms with Crippen molar-refractivity contribution >= 4 is 11.8 Å². The average Bonchev–Trinajstić information content (AvgIpc) is 2.37. The minimum atomic E-state index is -0.419. The maximum absolute atomic E-state index is 10.7. The average molecular weight is 124 g/mol. The Bertz CT molecular complexity index is 199. The molecule has 0 atom stereocenters. The van der Waals surface area contributed by atoms with E-state index in [1.807, 2.05) is 0 Å². The van der Waals surface area contributed by atoms with Crippen molar-refractivity contribution in [3.8, 4) is 0 Å². The summed E-state index contributed by atoms with van der Waals surface area (Å²) < 4.78 is 0. The third kappa shape index (κ3) is 0.378. The first-order chi connectivity index (χ1) is 4.29. The molecule has 0 aromatic rings. The van der Waals surface area contributed by atoms with Crippen LogP contribution >= 0.6 is 0 Å². The number of fused-ring (bicyclic) bond motifs is 2. The van der Waals surface area contributed by atoms with Crippen LogP contribution in [0.25, 0.3) is 0 Å². The summed E-state index contributed by atoms with van der Waals surface area (Å²) in [5.74, 6) is -0.838. The van der Waals surface area contributed by atoms with E-state index in [1.165, 1.54) is 9.80 Å². The van der Waals surface area contributed by atoms with Crippen molar-refractivity contribution in [3.63, 3.8) is 0 Å². The van der Waals surface area contributed by atoms with Crippen molar-refractivity contribution in [3.05, 3.63) is 12.4 Å². The lowest BCUT2D eigenvalue weighted by Crippen LogP contribution is -2.26. The highest BCUT2D eigenvalue weighted by atomic mass is 16.2. The number of hydrogen-bond acceptors (Lipinski definition) is 2. The summed E-state index contributed by atoms with van der Waals surface area (Å²) in [6.07, 6.45) is 3.20. The molecule has 0 aliphatic carbocycles. The molecule has 46 valence electrons. The van der Waals surface area contributed by atoms with E-state index in [0.29, 0.717) is 6.67 Å². The lowest BCUT2D eigenvalue weighted by Gasteiger charge is -2.01. The number of carbonyl (C=O) groups is 2. The first-order valence-corrected chi connectivity index (χ1v) is 2.59. The Morgan fingerprint density at radius 1 is 1.11 bits per heavy atom. The van der Waals surface area contributed by atoms with Gasteiger partial charge in [-0.3, -0.25) is 19.4 Å². The number of carbonyl (C=O) groups excluding carboxylic acids is 2. The first kappa shape index (κ1) is 4.55. The Hall–Kier alpha value is -1.32. The van der Waals surface area contributed by atoms with E-state index in [9.17, 15) is 9.59 Å². The van der Waals surface area contributed by atoms with Crippen LogP contribution < -0.4 is 0 Å². The van der Waals surface area contributed by atoms with Crippen molar-refractivity contribution in [2.24, 2.45) is 0 Å². The van der Waals surface area contributed by atoms with Crippen LogP contribution in [0.15, 0.2) is 12.4 Å². The molecule has 0 N–H and O–H groups in total. The van der Waals surface area contributed by atoms with Gasteiger partial charge in [0.2, 0.25) is 0 Å². The Balaban J connectivity index is 2.47. The van der Waals surface area contributed by atoms with Gasteiger partial charge in [0.1, 0.15) is 6.67 Å². The van der Waals surface area contributed by atoms with Crippen molar-refractivity contribution in [2.45, 2.75) is 0 Å². The highest BCUT2D eigenvalue weighted by molar-refractivity contribution is 6.37. The van der Waals surface area contributed by atoms with Gasteiger partial charge in [-0.1, -0.05) is 0 Å². The van der Waals surface area contributed by atoms with E-state index in [-0.39, 0.29) is 0 Å². The van der Waals surface area contributed by atoms with Gasteiger partial charge in [-0.15, -0.1) is 0 Å². The number of nitrogens with zero attached hydrogens (tertiary/aromatic N) is 2. The van der Waals surface area contributed by atoms with Gasteiger partial charge in [0.25, 0.3) is 0 Å². The highest BCUT2D eigenvalue weighted by Crippen LogP contribution is 2.15. The molecule has 9 heavy (non-hydrogen) atoms. The molecule has 4 heteroatoms. The van der Waals surface area contributed by atoms with Crippen LogP contribution in [0.3, 0.4) is 0 Å². The molecule has 2 bridgehead atoms. The zero-order chi connectivity index (χ0) is 6.43. The largest absolute Gasteiger partial charge is 0.318 e. The summed E-state index contributed by atoms with van der Waals surface area (Å²) in [6.45, 7) is 0.414. The van der Waals surface area contributed by atoms with E-state index >= 15 is 0 Å². The van der Waals surface area contributed by atoms with Gasteiger partial charge in [0, 0.05) is 12.4 Å². The molecule has 2 heterocycles. The molecule has 1 fully saturated rings. The van der Waals surface area contributed by atoms with Gasteiger partial charge < -0.3 is 0 Å². The van der Waals surface area contributed by atoms with Gasteiger partial charge in [0.05, 0.1) is 0 Å². The predicted octanol–water partition coefficient (Wildman–Crippen LogP) is -0.901. The van der Waals surface area contributed by atoms with Crippen molar-refractivity contribution in [2.75, 3.05) is 6.67 Å². The summed E-state index contributed by atoms with van der Waals surface area (Å²) in [5, 5.41) is 0. The summed E-state index contributed by atoms with van der Waals surface area (Å²) in [4.78, 5) is 24.1. The molecule has 2 amide bonds. The Kier molecular flexibility index (Phi) is 0.582. The van der Waals surface area contributed by atoms with Crippen molar-refractivity contribution in [1.29, 1.82) is 0 Å². The van der Waals surface area contributed by atoms with Gasteiger partial charge in [-0.05, 0) is 0 Å². The zero-order valence-corrected chi connectivity index (χ0v) is 4.57. The van der Waals surface area contributed by atoms with Crippen LogP contribution in [0, 0.1) is 0 Å². The zero-order valence-electron chi connectivity index (χ0n) is 4.57. The molecule has 2 rings (SSSR count). The molecule has 2 aliphatic rings. The Labute approximate surface area is 51.3 Å². The quantitative estimate of drug-likeness (QED) is 0.392. The molecule has 1 saturated heterocycles. The summed E-state index contributed by atoms with van der Waals surface area (Å²) in [6, 6.07) is 0. The van der Waals surface area contributed by atoms with Crippen LogP contribution in [-0.2, 0) is 9.59 Å². The molecular weight excluding hydrogens is 120 g/mol. The normalized spacial score (nSPS) is 22.7. The molecule has 0 unspecified atom stereocenters. The highest BCUT2D eigenvalue weighted by Gasteiger charge is 2.37. The third-order valence-electron chi connectivity index (χ3n) is 1.44. The Morgan fingerprint density at radius 3 is 1.78 bits per heavy atom. The third-order valence-corrected chi connectivity index (χ3v) is 1.44. The number of hydrogen-bond donors (Lipinski definition) is 0. The SMILES string of the molecule is O=C1C(=O)N2C=CN1C2. The van der Waals surface area contributed by atoms with E-state index in [2.05, 4.69) is 0 Å². The van der Waals surface area contributed by atoms with Crippen molar-refractivity contribution < 1.29 is 9.59 Å². The minimum Gasteiger partial charge on any atom is -0.291 e. The molecular formula is C5H4N2O2. The summed E-state index contributed by atoms with van der Waals surface area (Å²) in [7, 11) is 0. The van der Waals surface area contributed by atoms with Crippen LogP contribution in [0.5, 0.6) is 0 Å². The van der Waals surface area contributed by atoms with E-state index in [0.717, 1.165) is 0 Å². The molecule has 0 radical (unpaired) electrons. The second-order valence-corrected chi connectivity index (χ2v) is 1.99. The molecule has 0 aromatic carbocycles. The molecule has 0 aromatic heterocycles. The first-order valence-electron chi connectivity index (χ1n) is 2.59. The summed E-state index contributed by atoms with van der Waals surface area (Å²) >= 11 is 0. The predicted molar refractivity (Wildman–Crippen MR) is 27.7 cm³/mol. The topological polar surface area (TPSA) is 40.6 Å². The minimum absolute atomic E-state index is 0.414. The smallest absolute Gasteiger partial charge is 0.291 e. The van der Waals surface area contributed by atoms with Gasteiger partial charge in [0.15, 0.2) is 0 Å². The van der Waals surface area contributed by atoms with Crippen LogP contribution in [-0.4, -0.2) is 28.3 Å². The lowest BCUT2D eigenvalue weighted by atomic mass is 10.5. The fourth-order valence-corrected chi connectivity index (χ4v) is 0.929. The monoisotopic (exact) mass is 124 g/mol. The second kappa shape index (κ2) is 1.15. The van der Waals surface area contributed by atoms with Crippen molar-refractivity contribution in [1.82, 2.24) is 9.80 Å². The standard InChI is InChI=1S/C5H4N2O2/c8-4-5(9)7-2-1-6(4)3-7/h1-2H,3H2. The van der Waals surface area contributed by atoms with Crippen LogP contribution in [0.2, 0.25) is 0 Å². The van der Waals surface area contributed by atoms with Gasteiger partial charge in [-0.25, -0.2) is 0 Å². The fraction of sp³-hybridized carbons (Fsp3) is 0.200. The van der Waals surface area contributed by atoms with Gasteiger partial charge >= 0.3 is 11.8 Å². The molecule has 0 saturated carbocycles. The Morgan fingerprint density at radius 2 is 1.56 bits per heavy atom. The lowest BCUT2D eigenvalue weighted by molar-refractivity contribution is -0.142.